The fourth-order valence-electron chi connectivity index (χ4n) is 5.93. The number of hydrogen-bond acceptors (Lipinski definition) is 3. The van der Waals surface area contributed by atoms with Gasteiger partial charge in [-0.05, 0) is 81.3 Å². The number of fused-ring (bicyclic) bond motifs is 3. The lowest BCUT2D eigenvalue weighted by molar-refractivity contribution is 0.0697. The van der Waals surface area contributed by atoms with Crippen molar-refractivity contribution < 1.29 is 9.53 Å². The monoisotopic (exact) mass is 505 g/mol. The minimum atomic E-state index is 0.106. The lowest BCUT2D eigenvalue weighted by Crippen LogP contribution is -2.37. The van der Waals surface area contributed by atoms with Gasteiger partial charge in [-0.1, -0.05) is 39.0 Å². The summed E-state index contributed by atoms with van der Waals surface area (Å²) in [4.78, 5) is 18.1. The van der Waals surface area contributed by atoms with E-state index in [2.05, 4.69) is 78.5 Å². The quantitative estimate of drug-likeness (QED) is 0.342. The van der Waals surface area contributed by atoms with Crippen LogP contribution >= 0.6 is 0 Å². The van der Waals surface area contributed by atoms with Crippen LogP contribution in [0.25, 0.3) is 10.9 Å². The van der Waals surface area contributed by atoms with Crippen LogP contribution in [0.15, 0.2) is 42.0 Å². The molecule has 1 atom stereocenters. The van der Waals surface area contributed by atoms with Gasteiger partial charge >= 0.3 is 0 Å². The normalized spacial score (nSPS) is 18.6. The van der Waals surface area contributed by atoms with E-state index >= 15 is 0 Å². The summed E-state index contributed by atoms with van der Waals surface area (Å²) in [6.45, 7) is 17.4. The SMILES string of the molecule is CC/C=C(\C=C/C(C)OCC)Cn1c2c(c3cc(C(=O)N4CCC(C)CC4)ccc31)CN(CCC)CC2. The van der Waals surface area contributed by atoms with Gasteiger partial charge in [0.25, 0.3) is 5.91 Å². The van der Waals surface area contributed by atoms with Crippen molar-refractivity contribution in [2.24, 2.45) is 5.92 Å². The van der Waals surface area contributed by atoms with Gasteiger partial charge in [0, 0.05) is 67.9 Å². The molecule has 2 aliphatic heterocycles. The first kappa shape index (κ1) is 27.7. The Labute approximate surface area is 224 Å². The molecule has 37 heavy (non-hydrogen) atoms. The summed E-state index contributed by atoms with van der Waals surface area (Å²) >= 11 is 0. The Bertz CT molecular complexity index is 1120. The first-order valence-electron chi connectivity index (χ1n) is 14.6. The number of nitrogens with zero attached hydrogens (tertiary/aromatic N) is 3. The largest absolute Gasteiger partial charge is 0.375 e. The molecule has 1 unspecified atom stereocenters. The average Bonchev–Trinajstić information content (AvgIpc) is 3.20. The van der Waals surface area contributed by atoms with E-state index in [1.54, 1.807) is 0 Å². The first-order chi connectivity index (χ1) is 17.9. The Morgan fingerprint density at radius 2 is 1.95 bits per heavy atom. The van der Waals surface area contributed by atoms with Crippen molar-refractivity contribution in [3.05, 3.63) is 58.8 Å². The standard InChI is InChI=1S/C32H47N3O2/c1-6-9-26(11-10-25(5)37-8-3)22-35-30-13-12-27(32(36)34-19-14-24(4)15-20-34)21-28(30)29-23-33(17-7-2)18-16-31(29)35/h9-13,21,24-25H,6-8,14-20,22-23H2,1-5H3/b11-10-,26-9+. The van der Waals surface area contributed by atoms with Crippen LogP contribution in [-0.2, 0) is 24.2 Å². The molecular weight excluding hydrogens is 458 g/mol. The van der Waals surface area contributed by atoms with Crippen LogP contribution in [-0.4, -0.2) is 59.2 Å². The summed E-state index contributed by atoms with van der Waals surface area (Å²) < 4.78 is 8.25. The van der Waals surface area contributed by atoms with E-state index in [9.17, 15) is 4.79 Å². The van der Waals surface area contributed by atoms with Crippen molar-refractivity contribution in [1.29, 1.82) is 0 Å². The molecule has 2 aromatic rings. The van der Waals surface area contributed by atoms with Gasteiger partial charge in [-0.3, -0.25) is 9.69 Å². The smallest absolute Gasteiger partial charge is 0.253 e. The molecule has 0 spiro atoms. The third kappa shape index (κ3) is 6.56. The fraction of sp³-hybridized carbons (Fsp3) is 0.594. The Morgan fingerprint density at radius 1 is 1.16 bits per heavy atom. The van der Waals surface area contributed by atoms with E-state index in [-0.39, 0.29) is 12.0 Å². The molecule has 0 radical (unpaired) electrons. The van der Waals surface area contributed by atoms with Crippen molar-refractivity contribution in [3.8, 4) is 0 Å². The number of piperidine rings is 1. The molecule has 0 N–H and O–H groups in total. The van der Waals surface area contributed by atoms with Crippen LogP contribution in [0.1, 0.15) is 81.9 Å². The van der Waals surface area contributed by atoms with Crippen LogP contribution in [0.5, 0.6) is 0 Å². The van der Waals surface area contributed by atoms with Gasteiger partial charge < -0.3 is 14.2 Å². The summed E-state index contributed by atoms with van der Waals surface area (Å²) in [6, 6.07) is 6.45. The molecule has 0 bridgehead atoms. The molecule has 1 fully saturated rings. The maximum absolute atomic E-state index is 13.4. The van der Waals surface area contributed by atoms with E-state index in [0.29, 0.717) is 5.92 Å². The topological polar surface area (TPSA) is 37.7 Å². The zero-order valence-corrected chi connectivity index (χ0v) is 23.8. The molecule has 3 heterocycles. The van der Waals surface area contributed by atoms with Crippen LogP contribution in [0, 0.1) is 5.92 Å². The molecular formula is C32H47N3O2. The van der Waals surface area contributed by atoms with E-state index < -0.39 is 0 Å². The summed E-state index contributed by atoms with van der Waals surface area (Å²) in [7, 11) is 0. The van der Waals surface area contributed by atoms with Crippen molar-refractivity contribution >= 4 is 16.8 Å². The number of carbonyl (C=O) groups excluding carboxylic acids is 1. The van der Waals surface area contributed by atoms with Gasteiger partial charge in [0.15, 0.2) is 0 Å². The van der Waals surface area contributed by atoms with Gasteiger partial charge in [0.2, 0.25) is 0 Å². The van der Waals surface area contributed by atoms with Crippen LogP contribution in [0.4, 0.5) is 0 Å². The number of carbonyl (C=O) groups is 1. The maximum atomic E-state index is 13.4. The molecule has 5 nitrogen and oxygen atoms in total. The van der Waals surface area contributed by atoms with Crippen molar-refractivity contribution in [1.82, 2.24) is 14.4 Å². The minimum absolute atomic E-state index is 0.106. The van der Waals surface area contributed by atoms with Gasteiger partial charge in [-0.2, -0.15) is 0 Å². The molecule has 1 amide bonds. The Morgan fingerprint density at radius 3 is 2.65 bits per heavy atom. The second kappa shape index (κ2) is 12.9. The van der Waals surface area contributed by atoms with Crippen molar-refractivity contribution in [3.63, 3.8) is 0 Å². The Hall–Kier alpha value is -2.37. The number of hydrogen-bond donors (Lipinski definition) is 0. The summed E-state index contributed by atoms with van der Waals surface area (Å²) in [5, 5.41) is 1.26. The first-order valence-corrected chi connectivity index (χ1v) is 14.6. The summed E-state index contributed by atoms with van der Waals surface area (Å²) in [6.07, 6.45) is 12.3. The van der Waals surface area contributed by atoms with Gasteiger partial charge in [-0.15, -0.1) is 0 Å². The van der Waals surface area contributed by atoms with Crippen LogP contribution in [0.2, 0.25) is 0 Å². The molecule has 1 saturated heterocycles. The summed E-state index contributed by atoms with van der Waals surface area (Å²) in [5.74, 6) is 0.906. The predicted octanol–water partition coefficient (Wildman–Crippen LogP) is 6.60. The van der Waals surface area contributed by atoms with Gasteiger partial charge in [0.1, 0.15) is 0 Å². The lowest BCUT2D eigenvalue weighted by atomic mass is 9.98. The molecule has 202 valence electrons. The molecule has 0 saturated carbocycles. The van der Waals surface area contributed by atoms with E-state index in [4.69, 9.17) is 4.74 Å². The van der Waals surface area contributed by atoms with E-state index in [1.165, 1.54) is 27.7 Å². The molecule has 2 aliphatic rings. The number of allylic oxidation sites excluding steroid dienone is 3. The molecule has 0 aliphatic carbocycles. The zero-order chi connectivity index (χ0) is 26.4. The highest BCUT2D eigenvalue weighted by molar-refractivity contribution is 5.99. The third-order valence-electron chi connectivity index (χ3n) is 8.01. The number of likely N-dealkylation sites (tertiary alicyclic amines) is 1. The molecule has 1 aromatic carbocycles. The number of rotatable bonds is 10. The third-order valence-corrected chi connectivity index (χ3v) is 8.01. The van der Waals surface area contributed by atoms with E-state index in [1.807, 2.05) is 6.92 Å². The Balaban J connectivity index is 1.70. The van der Waals surface area contributed by atoms with Gasteiger partial charge in [0.05, 0.1) is 6.10 Å². The highest BCUT2D eigenvalue weighted by Gasteiger charge is 2.26. The lowest BCUT2D eigenvalue weighted by Gasteiger charge is -2.30. The minimum Gasteiger partial charge on any atom is -0.375 e. The highest BCUT2D eigenvalue weighted by Crippen LogP contribution is 2.33. The van der Waals surface area contributed by atoms with Crippen LogP contribution in [0.3, 0.4) is 0 Å². The predicted molar refractivity (Wildman–Crippen MR) is 154 cm³/mol. The number of amides is 1. The fourth-order valence-corrected chi connectivity index (χ4v) is 5.93. The van der Waals surface area contributed by atoms with Crippen LogP contribution < -0.4 is 0 Å². The summed E-state index contributed by atoms with van der Waals surface area (Å²) in [5.41, 5.74) is 6.25. The van der Waals surface area contributed by atoms with Gasteiger partial charge in [-0.25, -0.2) is 0 Å². The Kier molecular flexibility index (Phi) is 9.66. The molecule has 5 heteroatoms. The zero-order valence-electron chi connectivity index (χ0n) is 23.8. The van der Waals surface area contributed by atoms with E-state index in [0.717, 1.165) is 83.5 Å². The number of benzene rings is 1. The molecule has 1 aromatic heterocycles. The second-order valence-corrected chi connectivity index (χ2v) is 11.0. The highest BCUT2D eigenvalue weighted by atomic mass is 16.5. The number of ether oxygens (including phenoxy) is 1. The second-order valence-electron chi connectivity index (χ2n) is 11.0. The maximum Gasteiger partial charge on any atom is 0.253 e. The van der Waals surface area contributed by atoms with Crippen molar-refractivity contribution in [2.45, 2.75) is 85.9 Å². The van der Waals surface area contributed by atoms with Crippen molar-refractivity contribution in [2.75, 3.05) is 32.8 Å². The molecule has 4 rings (SSSR count). The average molecular weight is 506 g/mol. The number of aromatic nitrogens is 1.